The lowest BCUT2D eigenvalue weighted by atomic mass is 10.2. The lowest BCUT2D eigenvalue weighted by molar-refractivity contribution is 0.0944. The standard InChI is InChI=1S/C13H21ClN2O3S/c1-3-5-6-7-8-15-13(17)12-9-11(20(14,18)19)10-16(12)4-2/h9-10H,3-8H2,1-2H3,(H,15,17). The number of hydrogen-bond donors (Lipinski definition) is 1. The lowest BCUT2D eigenvalue weighted by Crippen LogP contribution is -2.26. The van der Waals surface area contributed by atoms with Crippen molar-refractivity contribution >= 4 is 25.6 Å². The SMILES string of the molecule is CCCCCCNC(=O)c1cc(S(=O)(=O)Cl)cn1CC. The van der Waals surface area contributed by atoms with Crippen LogP contribution in [0.5, 0.6) is 0 Å². The first-order valence-electron chi connectivity index (χ1n) is 6.83. The van der Waals surface area contributed by atoms with Crippen LogP contribution in [0.3, 0.4) is 0 Å². The van der Waals surface area contributed by atoms with Crippen LogP contribution in [0.25, 0.3) is 0 Å². The number of halogens is 1. The highest BCUT2D eigenvalue weighted by Crippen LogP contribution is 2.18. The van der Waals surface area contributed by atoms with Gasteiger partial charge in [0, 0.05) is 30.0 Å². The molecule has 1 N–H and O–H groups in total. The molecular weight excluding hydrogens is 300 g/mol. The monoisotopic (exact) mass is 320 g/mol. The second kappa shape index (κ2) is 7.69. The normalized spacial score (nSPS) is 11.6. The average Bonchev–Trinajstić information content (AvgIpc) is 2.82. The number of nitrogens with one attached hydrogen (secondary N) is 1. The fourth-order valence-corrected chi connectivity index (χ4v) is 2.67. The molecule has 0 aliphatic rings. The Labute approximate surface area is 124 Å². The Morgan fingerprint density at radius 1 is 1.30 bits per heavy atom. The van der Waals surface area contributed by atoms with Crippen LogP contribution < -0.4 is 5.32 Å². The van der Waals surface area contributed by atoms with Gasteiger partial charge in [0.2, 0.25) is 0 Å². The highest BCUT2D eigenvalue weighted by Gasteiger charge is 2.19. The van der Waals surface area contributed by atoms with Crippen LogP contribution in [-0.2, 0) is 15.6 Å². The molecule has 1 rings (SSSR count). The van der Waals surface area contributed by atoms with Crippen molar-refractivity contribution in [2.45, 2.75) is 51.0 Å². The van der Waals surface area contributed by atoms with E-state index >= 15 is 0 Å². The molecule has 7 heteroatoms. The van der Waals surface area contributed by atoms with E-state index in [2.05, 4.69) is 12.2 Å². The molecule has 114 valence electrons. The highest BCUT2D eigenvalue weighted by molar-refractivity contribution is 8.13. The van der Waals surface area contributed by atoms with E-state index in [1.807, 2.05) is 6.92 Å². The van der Waals surface area contributed by atoms with E-state index in [0.717, 1.165) is 25.7 Å². The zero-order valence-electron chi connectivity index (χ0n) is 11.9. The van der Waals surface area contributed by atoms with Crippen molar-refractivity contribution in [3.8, 4) is 0 Å². The van der Waals surface area contributed by atoms with Crippen LogP contribution in [0, 0.1) is 0 Å². The van der Waals surface area contributed by atoms with Gasteiger partial charge in [-0.05, 0) is 19.4 Å². The molecule has 1 amide bonds. The number of carbonyl (C=O) groups excluding carboxylic acids is 1. The first-order chi connectivity index (χ1) is 9.40. The number of nitrogens with zero attached hydrogens (tertiary/aromatic N) is 1. The van der Waals surface area contributed by atoms with E-state index in [-0.39, 0.29) is 10.8 Å². The smallest absolute Gasteiger partial charge is 0.267 e. The molecule has 0 atom stereocenters. The van der Waals surface area contributed by atoms with Crippen molar-refractivity contribution in [2.24, 2.45) is 0 Å². The van der Waals surface area contributed by atoms with Crippen molar-refractivity contribution in [2.75, 3.05) is 6.54 Å². The fraction of sp³-hybridized carbons (Fsp3) is 0.615. The van der Waals surface area contributed by atoms with Crippen LogP contribution in [0.2, 0.25) is 0 Å². The Bertz CT molecular complexity index is 552. The number of unbranched alkanes of at least 4 members (excludes halogenated alkanes) is 3. The van der Waals surface area contributed by atoms with Crippen molar-refractivity contribution in [1.29, 1.82) is 0 Å². The molecule has 1 aromatic heterocycles. The van der Waals surface area contributed by atoms with Crippen LogP contribution in [0.15, 0.2) is 17.2 Å². The summed E-state index contributed by atoms with van der Waals surface area (Å²) in [6.07, 6.45) is 5.67. The van der Waals surface area contributed by atoms with Gasteiger partial charge < -0.3 is 9.88 Å². The van der Waals surface area contributed by atoms with Crippen LogP contribution in [0.1, 0.15) is 50.0 Å². The summed E-state index contributed by atoms with van der Waals surface area (Å²) in [5.41, 5.74) is 0.321. The molecule has 0 fully saturated rings. The first kappa shape index (κ1) is 17.0. The molecule has 0 saturated carbocycles. The molecule has 1 heterocycles. The Morgan fingerprint density at radius 2 is 2.00 bits per heavy atom. The third-order valence-electron chi connectivity index (χ3n) is 3.04. The minimum absolute atomic E-state index is 0.0443. The molecule has 0 aliphatic heterocycles. The zero-order valence-corrected chi connectivity index (χ0v) is 13.4. The lowest BCUT2D eigenvalue weighted by Gasteiger charge is -2.07. The van der Waals surface area contributed by atoms with Gasteiger partial charge in [-0.2, -0.15) is 0 Å². The maximum absolute atomic E-state index is 12.0. The van der Waals surface area contributed by atoms with Gasteiger partial charge in [0.05, 0.1) is 0 Å². The fourth-order valence-electron chi connectivity index (χ4n) is 1.91. The second-order valence-corrected chi connectivity index (χ2v) is 7.17. The summed E-state index contributed by atoms with van der Waals surface area (Å²) >= 11 is 0. The number of aromatic nitrogens is 1. The maximum atomic E-state index is 12.0. The number of aryl methyl sites for hydroxylation is 1. The van der Waals surface area contributed by atoms with Gasteiger partial charge in [0.25, 0.3) is 15.0 Å². The predicted octanol–water partition coefficient (Wildman–Crippen LogP) is 2.75. The van der Waals surface area contributed by atoms with Gasteiger partial charge in [0.1, 0.15) is 10.6 Å². The molecule has 0 saturated heterocycles. The van der Waals surface area contributed by atoms with Crippen molar-refractivity contribution < 1.29 is 13.2 Å². The number of rotatable bonds is 8. The van der Waals surface area contributed by atoms with Crippen molar-refractivity contribution in [3.63, 3.8) is 0 Å². The Morgan fingerprint density at radius 3 is 2.55 bits per heavy atom. The molecule has 1 aromatic rings. The molecular formula is C13H21ClN2O3S. The van der Waals surface area contributed by atoms with Gasteiger partial charge in [-0.15, -0.1) is 0 Å². The summed E-state index contributed by atoms with van der Waals surface area (Å²) in [7, 11) is 1.49. The predicted molar refractivity (Wildman–Crippen MR) is 79.6 cm³/mol. The second-order valence-electron chi connectivity index (χ2n) is 4.60. The summed E-state index contributed by atoms with van der Waals surface area (Å²) in [4.78, 5) is 12.0. The Balaban J connectivity index is 2.70. The third-order valence-corrected chi connectivity index (χ3v) is 4.36. The van der Waals surface area contributed by atoms with Crippen LogP contribution in [-0.4, -0.2) is 25.4 Å². The van der Waals surface area contributed by atoms with E-state index in [4.69, 9.17) is 10.7 Å². The molecule has 20 heavy (non-hydrogen) atoms. The van der Waals surface area contributed by atoms with E-state index < -0.39 is 9.05 Å². The van der Waals surface area contributed by atoms with Crippen LogP contribution in [0.4, 0.5) is 0 Å². The number of hydrogen-bond acceptors (Lipinski definition) is 3. The van der Waals surface area contributed by atoms with Gasteiger partial charge in [-0.1, -0.05) is 26.2 Å². The topological polar surface area (TPSA) is 68.2 Å². The molecule has 0 spiro atoms. The molecule has 0 aromatic carbocycles. The molecule has 0 bridgehead atoms. The third kappa shape index (κ3) is 4.83. The minimum Gasteiger partial charge on any atom is -0.351 e. The first-order valence-corrected chi connectivity index (χ1v) is 9.14. The Hall–Kier alpha value is -1.01. The summed E-state index contributed by atoms with van der Waals surface area (Å²) in [6, 6.07) is 1.31. The average molecular weight is 321 g/mol. The number of carbonyl (C=O) groups is 1. The van der Waals surface area contributed by atoms with E-state index in [9.17, 15) is 13.2 Å². The highest BCUT2D eigenvalue weighted by atomic mass is 35.7. The van der Waals surface area contributed by atoms with Gasteiger partial charge in [0.15, 0.2) is 0 Å². The Kier molecular flexibility index (Phi) is 6.55. The summed E-state index contributed by atoms with van der Waals surface area (Å²) < 4.78 is 24.2. The van der Waals surface area contributed by atoms with Gasteiger partial charge >= 0.3 is 0 Å². The van der Waals surface area contributed by atoms with Gasteiger partial charge in [-0.3, -0.25) is 4.79 Å². The summed E-state index contributed by atoms with van der Waals surface area (Å²) in [5, 5.41) is 2.80. The minimum atomic E-state index is -3.81. The summed E-state index contributed by atoms with van der Waals surface area (Å²) in [5.74, 6) is -0.269. The van der Waals surface area contributed by atoms with E-state index in [0.29, 0.717) is 18.8 Å². The van der Waals surface area contributed by atoms with Gasteiger partial charge in [-0.25, -0.2) is 8.42 Å². The van der Waals surface area contributed by atoms with Crippen molar-refractivity contribution in [3.05, 3.63) is 18.0 Å². The van der Waals surface area contributed by atoms with E-state index in [1.165, 1.54) is 12.3 Å². The molecule has 5 nitrogen and oxygen atoms in total. The molecule has 0 aliphatic carbocycles. The van der Waals surface area contributed by atoms with Crippen LogP contribution >= 0.6 is 10.7 Å². The quantitative estimate of drug-likeness (QED) is 0.591. The van der Waals surface area contributed by atoms with Crippen molar-refractivity contribution in [1.82, 2.24) is 9.88 Å². The zero-order chi connectivity index (χ0) is 15.2. The van der Waals surface area contributed by atoms with E-state index in [1.54, 1.807) is 4.57 Å². The molecule has 0 radical (unpaired) electrons. The summed E-state index contributed by atoms with van der Waals surface area (Å²) in [6.45, 7) is 5.06. The molecule has 0 unspecified atom stereocenters. The largest absolute Gasteiger partial charge is 0.351 e. The maximum Gasteiger partial charge on any atom is 0.267 e. The number of amides is 1.